The molecule has 1 aliphatic rings. The van der Waals surface area contributed by atoms with Gasteiger partial charge in [0.1, 0.15) is 33.3 Å². The molecule has 1 amide bonds. The molecule has 0 bridgehead atoms. The Morgan fingerprint density at radius 1 is 1.25 bits per heavy atom. The Hall–Kier alpha value is -3.31. The highest BCUT2D eigenvalue weighted by Gasteiger charge is 2.36. The van der Waals surface area contributed by atoms with Crippen LogP contribution in [0.15, 0.2) is 23.0 Å². The number of amides is 1. The van der Waals surface area contributed by atoms with Crippen LogP contribution in [0.25, 0.3) is 11.8 Å². The normalized spacial score (nSPS) is 16.1. The first-order valence-electron chi connectivity index (χ1n) is 11.0. The van der Waals surface area contributed by atoms with Gasteiger partial charge in [-0.2, -0.15) is 27.2 Å². The number of halogens is 5. The smallest absolute Gasteiger partial charge is 0.345 e. The minimum Gasteiger partial charge on any atom is -0.345 e. The molecule has 0 radical (unpaired) electrons. The van der Waals surface area contributed by atoms with E-state index in [1.165, 1.54) is 24.4 Å². The van der Waals surface area contributed by atoms with Crippen LogP contribution < -0.4 is 25.4 Å². The average Bonchev–Trinajstić information content (AvgIpc) is 3.43. The lowest BCUT2D eigenvalue weighted by Gasteiger charge is -2.22. The molecule has 3 heterocycles. The Morgan fingerprint density at radius 2 is 1.94 bits per heavy atom. The number of pyridine rings is 1. The van der Waals surface area contributed by atoms with Gasteiger partial charge in [-0.25, -0.2) is 4.98 Å². The molecule has 36 heavy (non-hydrogen) atoms. The molecular formula is C22H23F5N6O2S. The Balaban J connectivity index is 1.90. The minimum absolute atomic E-state index is 0.000693. The van der Waals surface area contributed by atoms with E-state index in [1.54, 1.807) is 23.2 Å². The van der Waals surface area contributed by atoms with Crippen LogP contribution in [0.2, 0.25) is 0 Å². The molecule has 3 rings (SSSR count). The SMILES string of the molecule is CCn1c(=C(C#N)C(=O)NCC(F)(F)F)sc(=CNc2cccc(C(F)(F)CN3CCCC3)n2)c1=O. The zero-order valence-electron chi connectivity index (χ0n) is 19.2. The minimum atomic E-state index is -4.67. The lowest BCUT2D eigenvalue weighted by atomic mass is 10.2. The van der Waals surface area contributed by atoms with E-state index in [1.807, 2.05) is 0 Å². The van der Waals surface area contributed by atoms with Gasteiger partial charge in [-0.15, -0.1) is 11.3 Å². The van der Waals surface area contributed by atoms with Crippen molar-refractivity contribution in [3.63, 3.8) is 0 Å². The molecule has 14 heteroatoms. The van der Waals surface area contributed by atoms with Crippen LogP contribution in [-0.4, -0.2) is 52.7 Å². The van der Waals surface area contributed by atoms with Gasteiger partial charge in [0.05, 0.1) is 6.54 Å². The number of alkyl halides is 5. The van der Waals surface area contributed by atoms with Crippen LogP contribution in [-0.2, 0) is 17.3 Å². The summed E-state index contributed by atoms with van der Waals surface area (Å²) in [6.45, 7) is 0.705. The van der Waals surface area contributed by atoms with E-state index in [2.05, 4.69) is 10.3 Å². The van der Waals surface area contributed by atoms with Gasteiger partial charge in [0, 0.05) is 12.7 Å². The number of likely N-dealkylation sites (tertiary alicyclic amines) is 1. The van der Waals surface area contributed by atoms with Crippen molar-refractivity contribution in [2.24, 2.45) is 0 Å². The number of carbonyl (C=O) groups is 1. The maximum absolute atomic E-state index is 14.7. The average molecular weight is 531 g/mol. The van der Waals surface area contributed by atoms with Gasteiger partial charge in [-0.1, -0.05) is 6.07 Å². The van der Waals surface area contributed by atoms with E-state index >= 15 is 0 Å². The second kappa shape index (κ2) is 11.2. The zero-order valence-corrected chi connectivity index (χ0v) is 20.0. The molecule has 2 aromatic rings. The first-order chi connectivity index (χ1) is 16.9. The topological polar surface area (TPSA) is 103 Å². The number of nitrogens with one attached hydrogen (secondary N) is 2. The summed E-state index contributed by atoms with van der Waals surface area (Å²) >= 11 is 0.704. The number of hydrogen-bond acceptors (Lipinski definition) is 7. The molecular weight excluding hydrogens is 507 g/mol. The molecule has 2 N–H and O–H groups in total. The van der Waals surface area contributed by atoms with Gasteiger partial charge in [0.15, 0.2) is 5.57 Å². The summed E-state index contributed by atoms with van der Waals surface area (Å²) in [5.74, 6) is -4.42. The predicted molar refractivity (Wildman–Crippen MR) is 123 cm³/mol. The second-order valence-electron chi connectivity index (χ2n) is 7.99. The standard InChI is InChI=1S/C22H23F5N6O2S/c1-2-33-19(35)15(36-20(33)14(10-28)18(34)30-12-22(25,26)27)11-29-17-7-5-6-16(31-17)21(23,24)13-32-8-3-4-9-32/h5-7,11H,2-4,8-9,12-13H2,1H3,(H,29,31)(H,30,34). The predicted octanol–water partition coefficient (Wildman–Crippen LogP) is 1.72. The van der Waals surface area contributed by atoms with Crippen molar-refractivity contribution in [1.82, 2.24) is 19.8 Å². The third-order valence-corrected chi connectivity index (χ3v) is 6.45. The van der Waals surface area contributed by atoms with Crippen LogP contribution in [0, 0.1) is 11.3 Å². The Morgan fingerprint density at radius 3 is 2.56 bits per heavy atom. The van der Waals surface area contributed by atoms with Gasteiger partial charge in [0.25, 0.3) is 11.5 Å². The quantitative estimate of drug-likeness (QED) is 0.504. The van der Waals surface area contributed by atoms with Crippen LogP contribution in [0.3, 0.4) is 0 Å². The van der Waals surface area contributed by atoms with E-state index in [9.17, 15) is 36.8 Å². The van der Waals surface area contributed by atoms with Crippen molar-refractivity contribution in [2.45, 2.75) is 38.4 Å². The Bertz CT molecular complexity index is 1320. The fourth-order valence-electron chi connectivity index (χ4n) is 3.62. The molecule has 2 aromatic heterocycles. The zero-order chi connectivity index (χ0) is 26.5. The van der Waals surface area contributed by atoms with Crippen molar-refractivity contribution < 1.29 is 26.7 Å². The molecule has 0 unspecified atom stereocenters. The molecule has 194 valence electrons. The largest absolute Gasteiger partial charge is 0.405 e. The van der Waals surface area contributed by atoms with E-state index in [4.69, 9.17) is 0 Å². The number of nitriles is 1. The van der Waals surface area contributed by atoms with Crippen LogP contribution in [0.1, 0.15) is 25.5 Å². The number of carbonyl (C=O) groups excluding carboxylic acids is 1. The number of thiazole rings is 1. The molecule has 0 aromatic carbocycles. The third kappa shape index (κ3) is 6.67. The van der Waals surface area contributed by atoms with E-state index in [0.29, 0.717) is 24.4 Å². The maximum atomic E-state index is 14.7. The number of rotatable bonds is 8. The summed E-state index contributed by atoms with van der Waals surface area (Å²) in [7, 11) is 0. The molecule has 0 atom stereocenters. The summed E-state index contributed by atoms with van der Waals surface area (Å²) in [5.41, 5.74) is -1.70. The van der Waals surface area contributed by atoms with Crippen molar-refractivity contribution in [2.75, 3.05) is 31.5 Å². The number of hydrogen-bond donors (Lipinski definition) is 2. The van der Waals surface area contributed by atoms with Gasteiger partial charge in [-0.3, -0.25) is 19.1 Å². The fourth-order valence-corrected chi connectivity index (χ4v) is 4.70. The van der Waals surface area contributed by atoms with Gasteiger partial charge in [0.2, 0.25) is 0 Å². The van der Waals surface area contributed by atoms with Crippen molar-refractivity contribution >= 4 is 34.8 Å². The fraction of sp³-hybridized carbons (Fsp3) is 0.455. The lowest BCUT2D eigenvalue weighted by Crippen LogP contribution is -2.37. The van der Waals surface area contributed by atoms with Crippen molar-refractivity contribution in [3.05, 3.63) is 43.4 Å². The first-order valence-corrected chi connectivity index (χ1v) is 11.8. The monoisotopic (exact) mass is 530 g/mol. The van der Waals surface area contributed by atoms with E-state index < -0.39 is 47.9 Å². The van der Waals surface area contributed by atoms with Gasteiger partial charge >= 0.3 is 12.1 Å². The Labute approximate surface area is 206 Å². The van der Waals surface area contributed by atoms with Crippen LogP contribution in [0.5, 0.6) is 0 Å². The van der Waals surface area contributed by atoms with Crippen LogP contribution >= 0.6 is 11.3 Å². The highest BCUT2D eigenvalue weighted by molar-refractivity contribution is 7.07. The third-order valence-electron chi connectivity index (χ3n) is 5.32. The highest BCUT2D eigenvalue weighted by Crippen LogP contribution is 2.29. The molecule has 0 spiro atoms. The summed E-state index contributed by atoms with van der Waals surface area (Å²) in [6.07, 6.45) is -1.75. The molecule has 1 aliphatic heterocycles. The molecule has 1 saturated heterocycles. The van der Waals surface area contributed by atoms with Gasteiger partial charge < -0.3 is 10.6 Å². The summed E-state index contributed by atoms with van der Waals surface area (Å²) in [4.78, 5) is 30.5. The number of nitrogens with zero attached hydrogens (tertiary/aromatic N) is 4. The van der Waals surface area contributed by atoms with E-state index in [-0.39, 0.29) is 21.6 Å². The second-order valence-corrected chi connectivity index (χ2v) is 9.02. The number of anilines is 1. The Kier molecular flexibility index (Phi) is 8.47. The van der Waals surface area contributed by atoms with Crippen molar-refractivity contribution in [1.29, 1.82) is 5.26 Å². The van der Waals surface area contributed by atoms with Crippen molar-refractivity contribution in [3.8, 4) is 6.07 Å². The van der Waals surface area contributed by atoms with E-state index in [0.717, 1.165) is 17.4 Å². The summed E-state index contributed by atoms with van der Waals surface area (Å²) in [5, 5.41) is 13.7. The first kappa shape index (κ1) is 27.3. The van der Waals surface area contributed by atoms with Gasteiger partial charge in [-0.05, 0) is 45.0 Å². The molecule has 1 fully saturated rings. The molecule has 8 nitrogen and oxygen atoms in total. The molecule has 0 aliphatic carbocycles. The van der Waals surface area contributed by atoms with Crippen LogP contribution in [0.4, 0.5) is 27.8 Å². The molecule has 0 saturated carbocycles. The summed E-state index contributed by atoms with van der Waals surface area (Å²) < 4.78 is 67.7. The highest BCUT2D eigenvalue weighted by atomic mass is 32.1. The maximum Gasteiger partial charge on any atom is 0.405 e. The summed E-state index contributed by atoms with van der Waals surface area (Å²) in [6, 6.07) is 5.58. The number of aromatic nitrogens is 2. The lowest BCUT2D eigenvalue weighted by molar-refractivity contribution is -0.135.